The molecule has 2 rings (SSSR count). The Balaban J connectivity index is 1.95. The van der Waals surface area contributed by atoms with Crippen molar-refractivity contribution in [2.45, 2.75) is 24.9 Å². The van der Waals surface area contributed by atoms with Crippen LogP contribution in [0.25, 0.3) is 0 Å². The zero-order chi connectivity index (χ0) is 15.2. The molecule has 0 aliphatic carbocycles. The molecule has 0 fully saturated rings. The molecule has 0 aliphatic rings. The second-order valence-electron chi connectivity index (χ2n) is 5.11. The number of hydrogen-bond donors (Lipinski definition) is 0. The van der Waals surface area contributed by atoms with E-state index in [0.29, 0.717) is 0 Å². The third-order valence-electron chi connectivity index (χ3n) is 3.57. The Morgan fingerprint density at radius 1 is 1.10 bits per heavy atom. The molecular formula is C18H21NOS. The second kappa shape index (κ2) is 7.32. The maximum absolute atomic E-state index is 12.5. The van der Waals surface area contributed by atoms with Gasteiger partial charge in [-0.05, 0) is 37.1 Å². The second-order valence-corrected chi connectivity index (χ2v) is 6.44. The molecule has 2 aromatic rings. The van der Waals surface area contributed by atoms with Gasteiger partial charge in [0.1, 0.15) is 0 Å². The van der Waals surface area contributed by atoms with Crippen LogP contribution in [0, 0.1) is 6.92 Å². The average molecular weight is 299 g/mol. The lowest BCUT2D eigenvalue weighted by Gasteiger charge is -2.21. The highest BCUT2D eigenvalue weighted by atomic mass is 32.2. The minimum atomic E-state index is -0.0604. The Hall–Kier alpha value is -1.74. The first kappa shape index (κ1) is 15.6. The van der Waals surface area contributed by atoms with Crippen molar-refractivity contribution < 1.29 is 4.79 Å². The smallest absolute Gasteiger partial charge is 0.239 e. The maximum Gasteiger partial charge on any atom is 0.239 e. The van der Waals surface area contributed by atoms with Gasteiger partial charge in [-0.2, -0.15) is 0 Å². The zero-order valence-electron chi connectivity index (χ0n) is 12.7. The van der Waals surface area contributed by atoms with Crippen molar-refractivity contribution in [2.75, 3.05) is 11.9 Å². The van der Waals surface area contributed by atoms with E-state index in [9.17, 15) is 4.79 Å². The van der Waals surface area contributed by atoms with E-state index in [4.69, 9.17) is 0 Å². The summed E-state index contributed by atoms with van der Waals surface area (Å²) in [6, 6.07) is 18.1. The summed E-state index contributed by atoms with van der Waals surface area (Å²) < 4.78 is 0. The SMILES string of the molecule is Cc1ccccc1CSC(C)C(=O)N(C)c1ccccc1. The predicted molar refractivity (Wildman–Crippen MR) is 91.8 cm³/mol. The fraction of sp³-hybridized carbons (Fsp3) is 0.278. The van der Waals surface area contributed by atoms with Crippen LogP contribution in [-0.4, -0.2) is 18.2 Å². The largest absolute Gasteiger partial charge is 0.315 e. The summed E-state index contributed by atoms with van der Waals surface area (Å²) >= 11 is 1.68. The van der Waals surface area contributed by atoms with E-state index in [1.807, 2.05) is 56.4 Å². The van der Waals surface area contributed by atoms with E-state index in [-0.39, 0.29) is 11.2 Å². The van der Waals surface area contributed by atoms with Crippen LogP contribution in [-0.2, 0) is 10.5 Å². The molecule has 0 heterocycles. The van der Waals surface area contributed by atoms with Crippen molar-refractivity contribution in [3.8, 4) is 0 Å². The van der Waals surface area contributed by atoms with Gasteiger partial charge >= 0.3 is 0 Å². The normalized spacial score (nSPS) is 12.0. The van der Waals surface area contributed by atoms with Crippen LogP contribution in [0.3, 0.4) is 0 Å². The third kappa shape index (κ3) is 4.11. The van der Waals surface area contributed by atoms with Gasteiger partial charge in [-0.25, -0.2) is 0 Å². The quantitative estimate of drug-likeness (QED) is 0.821. The van der Waals surface area contributed by atoms with Crippen molar-refractivity contribution in [1.82, 2.24) is 0 Å². The summed E-state index contributed by atoms with van der Waals surface area (Å²) in [5, 5.41) is -0.0604. The van der Waals surface area contributed by atoms with Gasteiger partial charge in [0.05, 0.1) is 5.25 Å². The van der Waals surface area contributed by atoms with Crippen LogP contribution >= 0.6 is 11.8 Å². The summed E-state index contributed by atoms with van der Waals surface area (Å²) in [7, 11) is 1.84. The van der Waals surface area contributed by atoms with Crippen LogP contribution in [0.1, 0.15) is 18.1 Å². The molecule has 0 spiro atoms. The maximum atomic E-state index is 12.5. The molecule has 1 atom stereocenters. The van der Waals surface area contributed by atoms with Crippen molar-refractivity contribution >= 4 is 23.4 Å². The molecule has 0 saturated carbocycles. The molecule has 0 aromatic heterocycles. The van der Waals surface area contributed by atoms with Gasteiger partial charge in [0.15, 0.2) is 0 Å². The fourth-order valence-electron chi connectivity index (χ4n) is 2.11. The number of rotatable bonds is 5. The topological polar surface area (TPSA) is 20.3 Å². The molecule has 0 saturated heterocycles. The number of benzene rings is 2. The lowest BCUT2D eigenvalue weighted by molar-refractivity contribution is -0.117. The highest BCUT2D eigenvalue weighted by Crippen LogP contribution is 2.23. The van der Waals surface area contributed by atoms with Crippen molar-refractivity contribution in [3.05, 3.63) is 65.7 Å². The number of aryl methyl sites for hydroxylation is 1. The first-order valence-electron chi connectivity index (χ1n) is 7.08. The van der Waals surface area contributed by atoms with Crippen LogP contribution in [0.2, 0.25) is 0 Å². The molecule has 110 valence electrons. The Morgan fingerprint density at radius 3 is 2.38 bits per heavy atom. The average Bonchev–Trinajstić information content (AvgIpc) is 2.53. The van der Waals surface area contributed by atoms with E-state index >= 15 is 0 Å². The standard InChI is InChI=1S/C18H21NOS/c1-14-9-7-8-10-16(14)13-21-15(2)18(20)19(3)17-11-5-4-6-12-17/h4-12,15H,13H2,1-3H3. The number of carbonyl (C=O) groups excluding carboxylic acids is 1. The summed E-state index contributed by atoms with van der Waals surface area (Å²) in [6.45, 7) is 4.09. The molecule has 3 heteroatoms. The number of nitrogens with zero attached hydrogens (tertiary/aromatic N) is 1. The number of thioether (sulfide) groups is 1. The van der Waals surface area contributed by atoms with Crippen LogP contribution in [0.15, 0.2) is 54.6 Å². The molecule has 0 bridgehead atoms. The van der Waals surface area contributed by atoms with Gasteiger partial charge in [-0.15, -0.1) is 11.8 Å². The number of carbonyl (C=O) groups is 1. The van der Waals surface area contributed by atoms with Crippen molar-refractivity contribution in [1.29, 1.82) is 0 Å². The van der Waals surface area contributed by atoms with E-state index < -0.39 is 0 Å². The molecular weight excluding hydrogens is 278 g/mol. The molecule has 1 amide bonds. The van der Waals surface area contributed by atoms with Crippen LogP contribution in [0.4, 0.5) is 5.69 Å². The summed E-state index contributed by atoms with van der Waals surface area (Å²) in [6.07, 6.45) is 0. The number of para-hydroxylation sites is 1. The summed E-state index contributed by atoms with van der Waals surface area (Å²) in [5.41, 5.74) is 3.51. The Kier molecular flexibility index (Phi) is 5.45. The predicted octanol–water partition coefficient (Wildman–Crippen LogP) is 4.28. The number of hydrogen-bond acceptors (Lipinski definition) is 2. The van der Waals surface area contributed by atoms with Crippen LogP contribution < -0.4 is 4.90 Å². The van der Waals surface area contributed by atoms with Crippen LogP contribution in [0.5, 0.6) is 0 Å². The minimum Gasteiger partial charge on any atom is -0.315 e. The molecule has 0 N–H and O–H groups in total. The van der Waals surface area contributed by atoms with Gasteiger partial charge in [0, 0.05) is 18.5 Å². The molecule has 0 aliphatic heterocycles. The molecule has 1 unspecified atom stereocenters. The Morgan fingerprint density at radius 2 is 1.71 bits per heavy atom. The first-order valence-corrected chi connectivity index (χ1v) is 8.13. The van der Waals surface area contributed by atoms with Gasteiger partial charge in [-0.3, -0.25) is 4.79 Å². The van der Waals surface area contributed by atoms with Gasteiger partial charge in [0.2, 0.25) is 5.91 Å². The third-order valence-corrected chi connectivity index (χ3v) is 4.75. The number of anilines is 1. The lowest BCUT2D eigenvalue weighted by Crippen LogP contribution is -2.33. The van der Waals surface area contributed by atoms with Gasteiger partial charge in [-0.1, -0.05) is 42.5 Å². The lowest BCUT2D eigenvalue weighted by atomic mass is 10.1. The monoisotopic (exact) mass is 299 g/mol. The minimum absolute atomic E-state index is 0.0604. The Bertz CT molecular complexity index is 597. The molecule has 0 radical (unpaired) electrons. The van der Waals surface area contributed by atoms with E-state index in [1.54, 1.807) is 16.7 Å². The van der Waals surface area contributed by atoms with Gasteiger partial charge < -0.3 is 4.90 Å². The van der Waals surface area contributed by atoms with Crippen molar-refractivity contribution in [3.63, 3.8) is 0 Å². The Labute approximate surface area is 131 Å². The first-order chi connectivity index (χ1) is 10.1. The zero-order valence-corrected chi connectivity index (χ0v) is 13.6. The summed E-state index contributed by atoms with van der Waals surface area (Å²) in [4.78, 5) is 14.2. The molecule has 2 aromatic carbocycles. The summed E-state index contributed by atoms with van der Waals surface area (Å²) in [5.74, 6) is 1.00. The van der Waals surface area contributed by atoms with Gasteiger partial charge in [0.25, 0.3) is 0 Å². The van der Waals surface area contributed by atoms with E-state index in [2.05, 4.69) is 19.1 Å². The van der Waals surface area contributed by atoms with E-state index in [0.717, 1.165) is 11.4 Å². The fourth-order valence-corrected chi connectivity index (χ4v) is 3.16. The highest BCUT2D eigenvalue weighted by molar-refractivity contribution is 7.99. The number of amides is 1. The van der Waals surface area contributed by atoms with E-state index in [1.165, 1.54) is 11.1 Å². The molecule has 2 nitrogen and oxygen atoms in total. The van der Waals surface area contributed by atoms with Crippen molar-refractivity contribution in [2.24, 2.45) is 0 Å². The highest BCUT2D eigenvalue weighted by Gasteiger charge is 2.19. The molecule has 21 heavy (non-hydrogen) atoms.